The lowest BCUT2D eigenvalue weighted by Crippen LogP contribution is -2.10. The summed E-state index contributed by atoms with van der Waals surface area (Å²) in [5.74, 6) is -0.426. The highest BCUT2D eigenvalue weighted by atomic mass is 35.5. The lowest BCUT2D eigenvalue weighted by atomic mass is 10.0. The first-order valence-electron chi connectivity index (χ1n) is 5.24. The van der Waals surface area contributed by atoms with Crippen molar-refractivity contribution >= 4 is 17.5 Å². The van der Waals surface area contributed by atoms with Gasteiger partial charge in [-0.25, -0.2) is 0 Å². The molecule has 1 amide bonds. The Kier molecular flexibility index (Phi) is 3.16. The lowest BCUT2D eigenvalue weighted by molar-refractivity contribution is 0.100. The van der Waals surface area contributed by atoms with Gasteiger partial charge >= 0.3 is 0 Å². The number of carbonyl (C=O) groups is 1. The van der Waals surface area contributed by atoms with Crippen LogP contribution in [0.5, 0.6) is 0 Å². The molecule has 0 aliphatic heterocycles. The van der Waals surface area contributed by atoms with E-state index in [1.807, 2.05) is 37.3 Å². The minimum atomic E-state index is -0.426. The molecule has 0 atom stereocenters. The molecule has 0 aliphatic rings. The van der Waals surface area contributed by atoms with Gasteiger partial charge in [0.1, 0.15) is 0 Å². The molecule has 0 aliphatic carbocycles. The van der Waals surface area contributed by atoms with Gasteiger partial charge in [-0.3, -0.25) is 4.79 Å². The molecule has 0 spiro atoms. The maximum Gasteiger partial charge on any atom is 0.248 e. The molecule has 2 N–H and O–H groups in total. The normalized spacial score (nSPS) is 10.2. The monoisotopic (exact) mass is 245 g/mol. The fraction of sp³-hybridized carbons (Fsp3) is 0.0714. The van der Waals surface area contributed by atoms with Gasteiger partial charge in [-0.2, -0.15) is 0 Å². The number of primary amides is 1. The average Bonchev–Trinajstić information content (AvgIpc) is 2.33. The van der Waals surface area contributed by atoms with Gasteiger partial charge in [0, 0.05) is 10.6 Å². The Bertz CT molecular complexity index is 578. The second-order valence-corrected chi connectivity index (χ2v) is 4.32. The molecule has 2 aromatic rings. The Hall–Kier alpha value is -1.80. The van der Waals surface area contributed by atoms with Gasteiger partial charge in [0.2, 0.25) is 5.91 Å². The SMILES string of the molecule is Cc1ccc(-c2cccc(C(N)=O)c2)cc1Cl. The van der Waals surface area contributed by atoms with Crippen LogP contribution >= 0.6 is 11.6 Å². The molecule has 2 nitrogen and oxygen atoms in total. The molecule has 0 heterocycles. The van der Waals surface area contributed by atoms with Crippen molar-refractivity contribution in [2.75, 3.05) is 0 Å². The van der Waals surface area contributed by atoms with E-state index in [4.69, 9.17) is 17.3 Å². The molecule has 0 bridgehead atoms. The molecular formula is C14H12ClNO. The van der Waals surface area contributed by atoms with Crippen LogP contribution < -0.4 is 5.73 Å². The van der Waals surface area contributed by atoms with E-state index in [-0.39, 0.29) is 0 Å². The van der Waals surface area contributed by atoms with Crippen molar-refractivity contribution in [2.45, 2.75) is 6.92 Å². The summed E-state index contributed by atoms with van der Waals surface area (Å²) in [6.45, 7) is 1.95. The third-order valence-corrected chi connectivity index (χ3v) is 3.06. The number of amides is 1. The van der Waals surface area contributed by atoms with Crippen LogP contribution in [0.2, 0.25) is 5.02 Å². The van der Waals surface area contributed by atoms with Gasteiger partial charge in [-0.15, -0.1) is 0 Å². The molecule has 2 aromatic carbocycles. The Morgan fingerprint density at radius 1 is 1.12 bits per heavy atom. The number of rotatable bonds is 2. The summed E-state index contributed by atoms with van der Waals surface area (Å²) >= 11 is 6.07. The number of aryl methyl sites for hydroxylation is 1. The van der Waals surface area contributed by atoms with Crippen molar-refractivity contribution in [1.29, 1.82) is 0 Å². The number of hydrogen-bond donors (Lipinski definition) is 1. The molecule has 86 valence electrons. The highest BCUT2D eigenvalue weighted by Crippen LogP contribution is 2.25. The summed E-state index contributed by atoms with van der Waals surface area (Å²) in [5.41, 5.74) is 8.69. The molecular weight excluding hydrogens is 234 g/mol. The van der Waals surface area contributed by atoms with Crippen LogP contribution in [0.1, 0.15) is 15.9 Å². The molecule has 0 radical (unpaired) electrons. The number of nitrogens with two attached hydrogens (primary N) is 1. The maximum atomic E-state index is 11.1. The summed E-state index contributed by atoms with van der Waals surface area (Å²) in [4.78, 5) is 11.1. The first-order chi connectivity index (χ1) is 8.08. The van der Waals surface area contributed by atoms with Gasteiger partial charge in [-0.1, -0.05) is 35.9 Å². The molecule has 0 saturated heterocycles. The predicted octanol–water partition coefficient (Wildman–Crippen LogP) is 3.41. The quantitative estimate of drug-likeness (QED) is 0.866. The van der Waals surface area contributed by atoms with E-state index in [1.54, 1.807) is 12.1 Å². The Labute approximate surface area is 105 Å². The van der Waals surface area contributed by atoms with Crippen LogP contribution in [0.4, 0.5) is 0 Å². The van der Waals surface area contributed by atoms with E-state index in [1.165, 1.54) is 0 Å². The first-order valence-corrected chi connectivity index (χ1v) is 5.62. The van der Waals surface area contributed by atoms with Crippen molar-refractivity contribution < 1.29 is 4.79 Å². The van der Waals surface area contributed by atoms with Crippen molar-refractivity contribution in [3.8, 4) is 11.1 Å². The van der Waals surface area contributed by atoms with Crippen LogP contribution in [-0.4, -0.2) is 5.91 Å². The summed E-state index contributed by atoms with van der Waals surface area (Å²) in [5, 5.41) is 0.715. The molecule has 0 fully saturated rings. The molecule has 0 unspecified atom stereocenters. The molecule has 0 aromatic heterocycles. The number of halogens is 1. The van der Waals surface area contributed by atoms with Crippen LogP contribution in [0.15, 0.2) is 42.5 Å². The van der Waals surface area contributed by atoms with Gasteiger partial charge in [0.05, 0.1) is 0 Å². The molecule has 3 heteroatoms. The van der Waals surface area contributed by atoms with E-state index in [2.05, 4.69) is 0 Å². The molecule has 2 rings (SSSR count). The largest absolute Gasteiger partial charge is 0.366 e. The van der Waals surface area contributed by atoms with Gasteiger partial charge in [0.15, 0.2) is 0 Å². The maximum absolute atomic E-state index is 11.1. The van der Waals surface area contributed by atoms with Gasteiger partial charge in [-0.05, 0) is 41.8 Å². The summed E-state index contributed by atoms with van der Waals surface area (Å²) in [6.07, 6.45) is 0. The second kappa shape index (κ2) is 4.60. The van der Waals surface area contributed by atoms with Crippen molar-refractivity contribution in [3.05, 3.63) is 58.6 Å². The van der Waals surface area contributed by atoms with E-state index in [0.717, 1.165) is 16.7 Å². The molecule has 0 saturated carbocycles. The summed E-state index contributed by atoms with van der Waals surface area (Å²) in [7, 11) is 0. The van der Waals surface area contributed by atoms with E-state index in [0.29, 0.717) is 10.6 Å². The van der Waals surface area contributed by atoms with Crippen molar-refractivity contribution in [2.24, 2.45) is 5.73 Å². The van der Waals surface area contributed by atoms with E-state index < -0.39 is 5.91 Å². The smallest absolute Gasteiger partial charge is 0.248 e. The lowest BCUT2D eigenvalue weighted by Gasteiger charge is -2.05. The highest BCUT2D eigenvalue weighted by molar-refractivity contribution is 6.31. The van der Waals surface area contributed by atoms with Crippen molar-refractivity contribution in [1.82, 2.24) is 0 Å². The van der Waals surface area contributed by atoms with Crippen molar-refractivity contribution in [3.63, 3.8) is 0 Å². The molecule has 17 heavy (non-hydrogen) atoms. The van der Waals surface area contributed by atoms with E-state index in [9.17, 15) is 4.79 Å². The fourth-order valence-electron chi connectivity index (χ4n) is 1.62. The zero-order valence-corrected chi connectivity index (χ0v) is 10.2. The standard InChI is InChI=1S/C14H12ClNO/c1-9-5-6-11(8-13(9)15)10-3-2-4-12(7-10)14(16)17/h2-8H,1H3,(H2,16,17). The summed E-state index contributed by atoms with van der Waals surface area (Å²) < 4.78 is 0. The Balaban J connectivity index is 2.49. The minimum absolute atomic E-state index is 0.426. The number of benzene rings is 2. The Morgan fingerprint density at radius 3 is 2.47 bits per heavy atom. The van der Waals surface area contributed by atoms with Gasteiger partial charge < -0.3 is 5.73 Å². The van der Waals surface area contributed by atoms with Crippen LogP contribution in [-0.2, 0) is 0 Å². The number of hydrogen-bond acceptors (Lipinski definition) is 1. The topological polar surface area (TPSA) is 43.1 Å². The van der Waals surface area contributed by atoms with Crippen LogP contribution in [0.25, 0.3) is 11.1 Å². The summed E-state index contributed by atoms with van der Waals surface area (Å²) in [6, 6.07) is 13.0. The van der Waals surface area contributed by atoms with Crippen LogP contribution in [0.3, 0.4) is 0 Å². The minimum Gasteiger partial charge on any atom is -0.366 e. The highest BCUT2D eigenvalue weighted by Gasteiger charge is 2.04. The average molecular weight is 246 g/mol. The predicted molar refractivity (Wildman–Crippen MR) is 70.1 cm³/mol. The van der Waals surface area contributed by atoms with Gasteiger partial charge in [0.25, 0.3) is 0 Å². The van der Waals surface area contributed by atoms with E-state index >= 15 is 0 Å². The number of carbonyl (C=O) groups excluding carboxylic acids is 1. The Morgan fingerprint density at radius 2 is 1.82 bits per heavy atom. The zero-order chi connectivity index (χ0) is 12.4. The fourth-order valence-corrected chi connectivity index (χ4v) is 1.80. The van der Waals surface area contributed by atoms with Crippen LogP contribution in [0, 0.1) is 6.92 Å². The first kappa shape index (κ1) is 11.7. The third-order valence-electron chi connectivity index (χ3n) is 2.65. The zero-order valence-electron chi connectivity index (χ0n) is 9.41. The third kappa shape index (κ3) is 2.48. The second-order valence-electron chi connectivity index (χ2n) is 3.91.